The lowest BCUT2D eigenvalue weighted by atomic mass is 10.1. The largest absolute Gasteiger partial charge is 0.573 e. The van der Waals surface area contributed by atoms with Crippen LogP contribution in [0.5, 0.6) is 5.75 Å². The number of anilines is 1. The third-order valence-electron chi connectivity index (χ3n) is 3.34. The van der Waals surface area contributed by atoms with Gasteiger partial charge < -0.3 is 14.4 Å². The van der Waals surface area contributed by atoms with E-state index in [0.29, 0.717) is 11.3 Å². The molecule has 2 aromatic carbocycles. The number of ether oxygens (including phenoxy) is 2. The van der Waals surface area contributed by atoms with Crippen molar-refractivity contribution in [1.82, 2.24) is 0 Å². The molecule has 0 aromatic heterocycles. The van der Waals surface area contributed by atoms with Crippen LogP contribution in [0.25, 0.3) is 11.1 Å². The van der Waals surface area contributed by atoms with Gasteiger partial charge in [-0.3, -0.25) is 4.79 Å². The molecule has 0 saturated heterocycles. The van der Waals surface area contributed by atoms with Crippen LogP contribution in [0, 0.1) is 0 Å². The summed E-state index contributed by atoms with van der Waals surface area (Å²) in [6, 6.07) is 12.0. The number of benzene rings is 2. The van der Waals surface area contributed by atoms with Crippen LogP contribution in [-0.4, -0.2) is 32.4 Å². The number of methoxy groups -OCH3 is 1. The Morgan fingerprint density at radius 1 is 0.920 bits per heavy atom. The van der Waals surface area contributed by atoms with Gasteiger partial charge >= 0.3 is 18.2 Å². The van der Waals surface area contributed by atoms with E-state index in [-0.39, 0.29) is 5.75 Å². The molecule has 5 nitrogen and oxygen atoms in total. The van der Waals surface area contributed by atoms with Gasteiger partial charge in [-0.05, 0) is 35.4 Å². The van der Waals surface area contributed by atoms with Crippen LogP contribution >= 0.6 is 0 Å². The summed E-state index contributed by atoms with van der Waals surface area (Å²) in [7, 11) is 2.54. The maximum atomic E-state index is 12.1. The maximum Gasteiger partial charge on any atom is 0.573 e. The van der Waals surface area contributed by atoms with Gasteiger partial charge in [0.1, 0.15) is 5.75 Å². The van der Waals surface area contributed by atoms with E-state index in [0.717, 1.165) is 17.6 Å². The lowest BCUT2D eigenvalue weighted by molar-refractivity contribution is -0.274. The summed E-state index contributed by atoms with van der Waals surface area (Å²) < 4.78 is 44.6. The summed E-state index contributed by atoms with van der Waals surface area (Å²) in [5.74, 6) is -2.10. The number of hydrogen-bond acceptors (Lipinski definition) is 4. The Hall–Kier alpha value is -3.03. The Morgan fingerprint density at radius 3 is 1.84 bits per heavy atom. The lowest BCUT2D eigenvalue weighted by Gasteiger charge is -2.16. The first kappa shape index (κ1) is 18.3. The highest BCUT2D eigenvalue weighted by Gasteiger charge is 2.31. The topological polar surface area (TPSA) is 55.8 Å². The van der Waals surface area contributed by atoms with Crippen LogP contribution < -0.4 is 9.64 Å². The number of carbonyl (C=O) groups is 2. The first-order valence-corrected chi connectivity index (χ1v) is 7.03. The number of carbonyl (C=O) groups excluding carboxylic acids is 2. The normalized spacial score (nSPS) is 10.9. The Labute approximate surface area is 141 Å². The zero-order valence-corrected chi connectivity index (χ0v) is 13.3. The van der Waals surface area contributed by atoms with E-state index in [1.165, 1.54) is 31.3 Å². The summed E-state index contributed by atoms with van der Waals surface area (Å²) in [4.78, 5) is 24.1. The molecule has 0 spiro atoms. The van der Waals surface area contributed by atoms with E-state index in [4.69, 9.17) is 0 Å². The van der Waals surface area contributed by atoms with Crippen molar-refractivity contribution in [3.8, 4) is 16.9 Å². The highest BCUT2D eigenvalue weighted by Crippen LogP contribution is 2.27. The molecule has 25 heavy (non-hydrogen) atoms. The maximum absolute atomic E-state index is 12.1. The molecule has 132 valence electrons. The second kappa shape index (κ2) is 7.25. The number of rotatable bonds is 3. The molecule has 2 rings (SSSR count). The summed E-state index contributed by atoms with van der Waals surface area (Å²) in [5, 5.41) is 0. The molecular formula is C17H14F3NO4. The molecule has 8 heteroatoms. The molecule has 2 aromatic rings. The van der Waals surface area contributed by atoms with E-state index in [1.54, 1.807) is 24.3 Å². The molecule has 0 aliphatic carbocycles. The average molecular weight is 353 g/mol. The van der Waals surface area contributed by atoms with Crippen molar-refractivity contribution in [3.63, 3.8) is 0 Å². The Morgan fingerprint density at radius 2 is 1.40 bits per heavy atom. The van der Waals surface area contributed by atoms with Crippen molar-refractivity contribution < 1.29 is 32.2 Å². The SMILES string of the molecule is COC(=O)C(=O)N(C)c1ccc(-c2ccc(OC(F)(F)F)cc2)cc1. The van der Waals surface area contributed by atoms with Gasteiger partial charge in [0, 0.05) is 12.7 Å². The van der Waals surface area contributed by atoms with Crippen LogP contribution in [0.2, 0.25) is 0 Å². The van der Waals surface area contributed by atoms with Crippen molar-refractivity contribution in [2.45, 2.75) is 6.36 Å². The van der Waals surface area contributed by atoms with Gasteiger partial charge in [0.05, 0.1) is 7.11 Å². The van der Waals surface area contributed by atoms with Gasteiger partial charge in [-0.2, -0.15) is 0 Å². The van der Waals surface area contributed by atoms with Gasteiger partial charge in [-0.15, -0.1) is 13.2 Å². The smallest absolute Gasteiger partial charge is 0.462 e. The van der Waals surface area contributed by atoms with Crippen LogP contribution in [-0.2, 0) is 14.3 Å². The van der Waals surface area contributed by atoms with Crippen molar-refractivity contribution in [2.24, 2.45) is 0 Å². The van der Waals surface area contributed by atoms with Gasteiger partial charge in [0.15, 0.2) is 0 Å². The van der Waals surface area contributed by atoms with Crippen LogP contribution in [0.4, 0.5) is 18.9 Å². The number of amides is 1. The zero-order chi connectivity index (χ0) is 18.6. The van der Waals surface area contributed by atoms with Crippen LogP contribution in [0.3, 0.4) is 0 Å². The second-order valence-corrected chi connectivity index (χ2v) is 4.97. The van der Waals surface area contributed by atoms with E-state index >= 15 is 0 Å². The average Bonchev–Trinajstić information content (AvgIpc) is 2.59. The minimum absolute atomic E-state index is 0.309. The number of esters is 1. The quantitative estimate of drug-likeness (QED) is 0.627. The highest BCUT2D eigenvalue weighted by atomic mass is 19.4. The number of halogens is 3. The number of nitrogens with zero attached hydrogens (tertiary/aromatic N) is 1. The van der Waals surface area contributed by atoms with Gasteiger partial charge in [0.2, 0.25) is 0 Å². The number of likely N-dealkylation sites (N-methyl/N-ethyl adjacent to an activating group) is 1. The van der Waals surface area contributed by atoms with Crippen molar-refractivity contribution in [1.29, 1.82) is 0 Å². The van der Waals surface area contributed by atoms with E-state index < -0.39 is 18.2 Å². The molecule has 1 amide bonds. The highest BCUT2D eigenvalue weighted by molar-refractivity contribution is 6.37. The third kappa shape index (κ3) is 4.72. The molecule has 0 bridgehead atoms. The first-order chi connectivity index (χ1) is 11.7. The zero-order valence-electron chi connectivity index (χ0n) is 13.3. The second-order valence-electron chi connectivity index (χ2n) is 4.97. The Balaban J connectivity index is 2.14. The molecule has 0 fully saturated rings. The molecule has 0 unspecified atom stereocenters. The molecule has 0 aliphatic heterocycles. The fourth-order valence-electron chi connectivity index (χ4n) is 2.07. The number of alkyl halides is 3. The monoisotopic (exact) mass is 353 g/mol. The standard InChI is InChI=1S/C17H14F3NO4/c1-21(15(22)16(23)24-2)13-7-3-11(4-8-13)12-5-9-14(10-6-12)25-17(18,19)20/h3-10H,1-2H3. The summed E-state index contributed by atoms with van der Waals surface area (Å²) >= 11 is 0. The fourth-order valence-corrected chi connectivity index (χ4v) is 2.07. The predicted molar refractivity (Wildman–Crippen MR) is 84.0 cm³/mol. The lowest BCUT2D eigenvalue weighted by Crippen LogP contribution is -2.33. The minimum Gasteiger partial charge on any atom is -0.462 e. The first-order valence-electron chi connectivity index (χ1n) is 7.03. The predicted octanol–water partition coefficient (Wildman–Crippen LogP) is 3.39. The molecule has 0 radical (unpaired) electrons. The fraction of sp³-hybridized carbons (Fsp3) is 0.176. The van der Waals surface area contributed by atoms with Crippen molar-refractivity contribution in [3.05, 3.63) is 48.5 Å². The van der Waals surface area contributed by atoms with Crippen LogP contribution in [0.15, 0.2) is 48.5 Å². The molecule has 0 aliphatic rings. The molecule has 0 N–H and O–H groups in total. The van der Waals surface area contributed by atoms with E-state index in [9.17, 15) is 22.8 Å². The summed E-state index contributed by atoms with van der Waals surface area (Å²) in [5.41, 5.74) is 1.86. The summed E-state index contributed by atoms with van der Waals surface area (Å²) in [6.45, 7) is 0. The van der Waals surface area contributed by atoms with E-state index in [1.807, 2.05) is 0 Å². The third-order valence-corrected chi connectivity index (χ3v) is 3.34. The molecule has 0 atom stereocenters. The number of hydrogen-bond donors (Lipinski definition) is 0. The van der Waals surface area contributed by atoms with Crippen molar-refractivity contribution >= 4 is 17.6 Å². The molecule has 0 heterocycles. The van der Waals surface area contributed by atoms with Crippen LogP contribution in [0.1, 0.15) is 0 Å². The van der Waals surface area contributed by atoms with Gasteiger partial charge in [-0.1, -0.05) is 24.3 Å². The molecule has 0 saturated carbocycles. The van der Waals surface area contributed by atoms with E-state index in [2.05, 4.69) is 9.47 Å². The van der Waals surface area contributed by atoms with Crippen molar-refractivity contribution in [2.75, 3.05) is 19.1 Å². The Bertz CT molecular complexity index is 755. The van der Waals surface area contributed by atoms with Gasteiger partial charge in [-0.25, -0.2) is 4.79 Å². The molecular weight excluding hydrogens is 339 g/mol. The minimum atomic E-state index is -4.74. The summed E-state index contributed by atoms with van der Waals surface area (Å²) in [6.07, 6.45) is -4.74. The van der Waals surface area contributed by atoms with Gasteiger partial charge in [0.25, 0.3) is 0 Å². The Kier molecular flexibility index (Phi) is 5.31.